The number of hydrogen-bond donors (Lipinski definition) is 1. The minimum absolute atomic E-state index is 0.0923. The normalized spacial score (nSPS) is 18.6. The van der Waals surface area contributed by atoms with Crippen molar-refractivity contribution in [3.05, 3.63) is 27.2 Å². The van der Waals surface area contributed by atoms with E-state index in [-0.39, 0.29) is 11.5 Å². The van der Waals surface area contributed by atoms with Gasteiger partial charge < -0.3 is 4.90 Å². The molecule has 1 aliphatic rings. The van der Waals surface area contributed by atoms with Crippen molar-refractivity contribution in [3.8, 4) is 0 Å². The number of aromatic amines is 1. The molecule has 1 fully saturated rings. The van der Waals surface area contributed by atoms with Crippen molar-refractivity contribution < 1.29 is 4.79 Å². The van der Waals surface area contributed by atoms with E-state index in [0.29, 0.717) is 23.4 Å². The second-order valence-corrected chi connectivity index (χ2v) is 6.76. The molecule has 124 valence electrons. The average Bonchev–Trinajstić information content (AvgIpc) is 2.78. The Morgan fingerprint density at radius 1 is 1.39 bits per heavy atom. The van der Waals surface area contributed by atoms with E-state index < -0.39 is 0 Å². The number of H-pyrrole nitrogens is 1. The van der Waals surface area contributed by atoms with Crippen LogP contribution in [0.15, 0.2) is 4.79 Å². The highest BCUT2D eigenvalue weighted by Gasteiger charge is 2.23. The van der Waals surface area contributed by atoms with Crippen LogP contribution in [0.25, 0.3) is 11.0 Å². The van der Waals surface area contributed by atoms with Gasteiger partial charge >= 0.3 is 0 Å². The molecule has 3 heterocycles. The zero-order valence-electron chi connectivity index (χ0n) is 14.3. The van der Waals surface area contributed by atoms with Gasteiger partial charge in [-0.2, -0.15) is 0 Å². The molecule has 2 aromatic rings. The molecule has 1 aliphatic heterocycles. The van der Waals surface area contributed by atoms with Gasteiger partial charge in [-0.25, -0.2) is 4.98 Å². The first-order valence-corrected chi connectivity index (χ1v) is 8.21. The van der Waals surface area contributed by atoms with E-state index in [1.165, 1.54) is 11.1 Å². The van der Waals surface area contributed by atoms with E-state index in [4.69, 9.17) is 0 Å². The Kier molecular flexibility index (Phi) is 4.00. The zero-order valence-corrected chi connectivity index (χ0v) is 14.3. The number of amides is 1. The summed E-state index contributed by atoms with van der Waals surface area (Å²) in [6, 6.07) is 0. The predicted molar refractivity (Wildman–Crippen MR) is 89.5 cm³/mol. The van der Waals surface area contributed by atoms with Gasteiger partial charge in [0.25, 0.3) is 5.56 Å². The highest BCUT2D eigenvalue weighted by molar-refractivity contribution is 5.84. The number of aromatic nitrogens is 3. The molecule has 1 saturated heterocycles. The van der Waals surface area contributed by atoms with Gasteiger partial charge in [0.1, 0.15) is 0 Å². The third-order valence-corrected chi connectivity index (χ3v) is 4.91. The molecule has 1 atom stereocenters. The molecule has 0 aromatic carbocycles. The number of carbonyl (C=O) groups excluding carboxylic acids is 1. The molecule has 0 spiro atoms. The van der Waals surface area contributed by atoms with Gasteiger partial charge in [-0.1, -0.05) is 6.92 Å². The molecule has 0 bridgehead atoms. The number of nitrogens with zero attached hydrogens (tertiary/aromatic N) is 3. The molecule has 0 aliphatic carbocycles. The van der Waals surface area contributed by atoms with Crippen LogP contribution in [0.1, 0.15) is 36.6 Å². The van der Waals surface area contributed by atoms with Gasteiger partial charge in [0.2, 0.25) is 5.91 Å². The van der Waals surface area contributed by atoms with Crippen LogP contribution in [0.4, 0.5) is 0 Å². The molecule has 1 unspecified atom stereocenters. The van der Waals surface area contributed by atoms with Crippen LogP contribution in [-0.2, 0) is 18.3 Å². The third-order valence-electron chi connectivity index (χ3n) is 4.91. The van der Waals surface area contributed by atoms with Gasteiger partial charge in [0.05, 0.1) is 11.8 Å². The lowest BCUT2D eigenvalue weighted by atomic mass is 9.98. The lowest BCUT2D eigenvalue weighted by Crippen LogP contribution is -2.40. The van der Waals surface area contributed by atoms with E-state index in [2.05, 4.69) is 17.0 Å². The summed E-state index contributed by atoms with van der Waals surface area (Å²) in [4.78, 5) is 31.3. The van der Waals surface area contributed by atoms with Crippen molar-refractivity contribution in [3.63, 3.8) is 0 Å². The quantitative estimate of drug-likeness (QED) is 0.916. The third kappa shape index (κ3) is 2.78. The number of carbonyl (C=O) groups is 1. The standard InChI is InChI=1S/C17H24N4O2/c1-10-6-5-7-21(9-10)14(22)8-13-11(2)15-16(18-12(13)3)19-20(4)17(15)23/h10H,5-9H2,1-4H3,(H,18,19). The van der Waals surface area contributed by atoms with Crippen LogP contribution in [0, 0.1) is 19.8 Å². The molecule has 6 heteroatoms. The SMILES string of the molecule is Cc1nc2[nH]n(C)c(=O)c2c(C)c1CC(=O)N1CCCC(C)C1. The van der Waals surface area contributed by atoms with Crippen molar-refractivity contribution in [1.82, 2.24) is 19.7 Å². The highest BCUT2D eigenvalue weighted by atomic mass is 16.2. The summed E-state index contributed by atoms with van der Waals surface area (Å²) in [6.07, 6.45) is 2.58. The predicted octanol–water partition coefficient (Wildman–Crippen LogP) is 1.68. The molecule has 1 N–H and O–H groups in total. The van der Waals surface area contributed by atoms with Crippen LogP contribution in [0.5, 0.6) is 0 Å². The average molecular weight is 316 g/mol. The second-order valence-electron chi connectivity index (χ2n) is 6.76. The molecule has 0 saturated carbocycles. The molecule has 0 radical (unpaired) electrons. The number of hydrogen-bond acceptors (Lipinski definition) is 3. The van der Waals surface area contributed by atoms with E-state index in [0.717, 1.165) is 36.3 Å². The monoisotopic (exact) mass is 316 g/mol. The minimum atomic E-state index is -0.0923. The van der Waals surface area contributed by atoms with Gasteiger partial charge in [-0.15, -0.1) is 0 Å². The van der Waals surface area contributed by atoms with Gasteiger partial charge in [0.15, 0.2) is 5.65 Å². The molecule has 2 aromatic heterocycles. The Morgan fingerprint density at radius 2 is 2.13 bits per heavy atom. The fourth-order valence-corrected chi connectivity index (χ4v) is 3.55. The fraction of sp³-hybridized carbons (Fsp3) is 0.588. The number of rotatable bonds is 2. The largest absolute Gasteiger partial charge is 0.342 e. The minimum Gasteiger partial charge on any atom is -0.342 e. The number of aryl methyl sites for hydroxylation is 3. The van der Waals surface area contributed by atoms with E-state index in [9.17, 15) is 9.59 Å². The number of pyridine rings is 1. The summed E-state index contributed by atoms with van der Waals surface area (Å²) in [5.74, 6) is 0.698. The van der Waals surface area contributed by atoms with Crippen LogP contribution in [0.2, 0.25) is 0 Å². The molecular weight excluding hydrogens is 292 g/mol. The first-order valence-electron chi connectivity index (χ1n) is 8.21. The first kappa shape index (κ1) is 15.8. The van der Waals surface area contributed by atoms with Gasteiger partial charge in [-0.05, 0) is 43.7 Å². The Labute approximate surface area is 135 Å². The van der Waals surface area contributed by atoms with Crippen LogP contribution in [-0.4, -0.2) is 38.7 Å². The van der Waals surface area contributed by atoms with Crippen molar-refractivity contribution in [1.29, 1.82) is 0 Å². The maximum atomic E-state index is 12.7. The molecule has 6 nitrogen and oxygen atoms in total. The fourth-order valence-electron chi connectivity index (χ4n) is 3.55. The molecule has 1 amide bonds. The summed E-state index contributed by atoms with van der Waals surface area (Å²) < 4.78 is 1.43. The van der Waals surface area contributed by atoms with Gasteiger partial charge in [0, 0.05) is 25.8 Å². The zero-order chi connectivity index (χ0) is 16.7. The van der Waals surface area contributed by atoms with E-state index in [1.54, 1.807) is 7.05 Å². The van der Waals surface area contributed by atoms with E-state index >= 15 is 0 Å². The summed E-state index contributed by atoms with van der Waals surface area (Å²) in [5, 5.41) is 3.55. The number of nitrogens with one attached hydrogen (secondary N) is 1. The first-order chi connectivity index (χ1) is 10.9. The maximum Gasteiger partial charge on any atom is 0.276 e. The summed E-state index contributed by atoms with van der Waals surface area (Å²) >= 11 is 0. The van der Waals surface area contributed by atoms with Crippen molar-refractivity contribution in [2.45, 2.75) is 40.0 Å². The topological polar surface area (TPSA) is 71.0 Å². The summed E-state index contributed by atoms with van der Waals surface area (Å²) in [7, 11) is 1.68. The number of piperidine rings is 1. The lowest BCUT2D eigenvalue weighted by molar-refractivity contribution is -0.132. The van der Waals surface area contributed by atoms with Crippen molar-refractivity contribution >= 4 is 16.9 Å². The van der Waals surface area contributed by atoms with Crippen molar-refractivity contribution in [2.24, 2.45) is 13.0 Å². The number of likely N-dealkylation sites (tertiary alicyclic amines) is 1. The van der Waals surface area contributed by atoms with Crippen LogP contribution >= 0.6 is 0 Å². The van der Waals surface area contributed by atoms with Crippen LogP contribution < -0.4 is 5.56 Å². The molecule has 23 heavy (non-hydrogen) atoms. The Balaban J connectivity index is 1.95. The Bertz CT molecular complexity index is 818. The Morgan fingerprint density at radius 3 is 2.83 bits per heavy atom. The summed E-state index contributed by atoms with van der Waals surface area (Å²) in [6.45, 7) is 7.67. The molecular formula is C17H24N4O2. The molecule has 3 rings (SSSR count). The lowest BCUT2D eigenvalue weighted by Gasteiger charge is -2.31. The summed E-state index contributed by atoms with van der Waals surface area (Å²) in [5.41, 5.74) is 3.07. The smallest absolute Gasteiger partial charge is 0.276 e. The van der Waals surface area contributed by atoms with E-state index in [1.807, 2.05) is 18.7 Å². The maximum absolute atomic E-state index is 12.7. The second kappa shape index (κ2) is 5.83. The Hall–Kier alpha value is -2.11. The number of fused-ring (bicyclic) bond motifs is 1. The van der Waals surface area contributed by atoms with Crippen molar-refractivity contribution in [2.75, 3.05) is 13.1 Å². The van der Waals surface area contributed by atoms with Crippen LogP contribution in [0.3, 0.4) is 0 Å². The highest BCUT2D eigenvalue weighted by Crippen LogP contribution is 2.22. The van der Waals surface area contributed by atoms with Gasteiger partial charge in [-0.3, -0.25) is 19.4 Å².